The highest BCUT2D eigenvalue weighted by atomic mass is 35.5. The highest BCUT2D eigenvalue weighted by Crippen LogP contribution is 2.41. The molecular formula is C26H22Cl2N2O5. The molecule has 0 spiro atoms. The van der Waals surface area contributed by atoms with Crippen LogP contribution in [0.4, 0.5) is 11.4 Å². The largest absolute Gasteiger partial charge is 0.426 e. The van der Waals surface area contributed by atoms with E-state index < -0.39 is 11.9 Å². The van der Waals surface area contributed by atoms with Crippen LogP contribution in [0.5, 0.6) is 5.75 Å². The molecule has 180 valence electrons. The molecule has 2 aliphatic heterocycles. The van der Waals surface area contributed by atoms with Crippen LogP contribution in [0.1, 0.15) is 19.8 Å². The predicted molar refractivity (Wildman–Crippen MR) is 131 cm³/mol. The summed E-state index contributed by atoms with van der Waals surface area (Å²) in [7, 11) is 0. The summed E-state index contributed by atoms with van der Waals surface area (Å²) < 4.78 is 5.56. The van der Waals surface area contributed by atoms with Gasteiger partial charge in [0.25, 0.3) is 0 Å². The van der Waals surface area contributed by atoms with Crippen LogP contribution in [0.2, 0.25) is 10.0 Å². The number of allylic oxidation sites excluding steroid dienone is 2. The van der Waals surface area contributed by atoms with Crippen molar-refractivity contribution in [1.29, 1.82) is 0 Å². The zero-order chi connectivity index (χ0) is 24.9. The third kappa shape index (κ3) is 4.13. The highest BCUT2D eigenvalue weighted by Gasteiger charge is 2.50. The molecule has 9 heteroatoms. The van der Waals surface area contributed by atoms with Gasteiger partial charge in [0.2, 0.25) is 17.7 Å². The molecule has 3 aliphatic rings. The maximum atomic E-state index is 13.1. The van der Waals surface area contributed by atoms with E-state index in [1.165, 1.54) is 15.9 Å². The Bertz CT molecular complexity index is 1280. The van der Waals surface area contributed by atoms with E-state index in [1.807, 2.05) is 19.1 Å². The minimum absolute atomic E-state index is 0.0212. The van der Waals surface area contributed by atoms with E-state index in [0.29, 0.717) is 22.8 Å². The Labute approximate surface area is 212 Å². The molecule has 2 aromatic rings. The summed E-state index contributed by atoms with van der Waals surface area (Å²) in [5.41, 5.74) is 0.805. The van der Waals surface area contributed by atoms with Crippen LogP contribution in [-0.2, 0) is 19.2 Å². The van der Waals surface area contributed by atoms with Crippen LogP contribution >= 0.6 is 23.2 Å². The summed E-state index contributed by atoms with van der Waals surface area (Å²) in [5.74, 6) is -2.61. The van der Waals surface area contributed by atoms with Gasteiger partial charge in [-0.15, -0.1) is 0 Å². The van der Waals surface area contributed by atoms with Gasteiger partial charge in [-0.3, -0.25) is 19.2 Å². The van der Waals surface area contributed by atoms with Crippen molar-refractivity contribution in [2.75, 3.05) is 16.3 Å². The number of nitrogens with zero attached hydrogens (tertiary/aromatic N) is 2. The zero-order valence-corrected chi connectivity index (χ0v) is 20.3. The Hall–Kier alpha value is -3.16. The normalized spacial score (nSPS) is 25.9. The number of ether oxygens (including phenoxy) is 1. The number of esters is 1. The van der Waals surface area contributed by atoms with Gasteiger partial charge in [0, 0.05) is 19.0 Å². The molecule has 0 saturated carbocycles. The van der Waals surface area contributed by atoms with E-state index >= 15 is 0 Å². The summed E-state index contributed by atoms with van der Waals surface area (Å²) >= 11 is 12.3. The molecule has 7 nitrogen and oxygen atoms in total. The summed E-state index contributed by atoms with van der Waals surface area (Å²) in [6.45, 7) is 2.04. The second-order valence-electron chi connectivity index (χ2n) is 9.06. The second-order valence-corrected chi connectivity index (χ2v) is 9.85. The van der Waals surface area contributed by atoms with E-state index in [1.54, 1.807) is 36.4 Å². The Morgan fingerprint density at radius 2 is 1.83 bits per heavy atom. The summed E-state index contributed by atoms with van der Waals surface area (Å²) in [6, 6.07) is 11.3. The number of hydrogen-bond acceptors (Lipinski definition) is 5. The molecule has 3 amide bonds. The number of halogens is 2. The maximum absolute atomic E-state index is 13.1. The van der Waals surface area contributed by atoms with Crippen LogP contribution in [-0.4, -0.2) is 30.2 Å². The predicted octanol–water partition coefficient (Wildman–Crippen LogP) is 4.65. The number of imide groups is 1. The number of fused-ring (bicyclic) bond motifs is 1. The summed E-state index contributed by atoms with van der Waals surface area (Å²) in [6.07, 6.45) is 4.42. The molecule has 2 saturated heterocycles. The minimum atomic E-state index is -0.703. The molecule has 2 fully saturated rings. The van der Waals surface area contributed by atoms with E-state index in [9.17, 15) is 19.2 Å². The Morgan fingerprint density at radius 1 is 1.06 bits per heavy atom. The Morgan fingerprint density at radius 3 is 2.60 bits per heavy atom. The number of benzene rings is 2. The number of hydrogen-bond donors (Lipinski definition) is 0. The topological polar surface area (TPSA) is 84.0 Å². The first-order chi connectivity index (χ1) is 16.8. The van der Waals surface area contributed by atoms with E-state index in [-0.39, 0.29) is 59.2 Å². The molecule has 1 aliphatic carbocycles. The summed E-state index contributed by atoms with van der Waals surface area (Å²) in [5, 5.41) is 0.560. The van der Waals surface area contributed by atoms with Gasteiger partial charge in [-0.25, -0.2) is 4.90 Å². The van der Waals surface area contributed by atoms with E-state index in [0.717, 1.165) is 0 Å². The number of carbonyl (C=O) groups is 4. The molecule has 2 heterocycles. The number of carbonyl (C=O) groups excluding carboxylic acids is 4. The molecule has 35 heavy (non-hydrogen) atoms. The van der Waals surface area contributed by atoms with Crippen molar-refractivity contribution in [2.45, 2.75) is 19.8 Å². The standard InChI is InChI=1S/C26H22Cl2N2O5/c1-14-5-2-8-18-22(14)25(33)30(24(18)32)16-6-3-7-17(12-16)35-26(34)15-11-21(31)29(13-15)20-10-4-9-19(27)23(20)28/h2-7,9-10,12,14-15,18,22H,8,11,13H2,1H3/t14-,15+,18+,22+/m1/s1. The van der Waals surface area contributed by atoms with Crippen molar-refractivity contribution in [3.8, 4) is 5.75 Å². The van der Waals surface area contributed by atoms with Gasteiger partial charge in [0.05, 0.1) is 39.2 Å². The molecule has 0 N–H and O–H groups in total. The lowest BCUT2D eigenvalue weighted by molar-refractivity contribution is -0.139. The van der Waals surface area contributed by atoms with Crippen molar-refractivity contribution in [3.05, 3.63) is 64.7 Å². The van der Waals surface area contributed by atoms with Crippen LogP contribution in [0, 0.1) is 23.7 Å². The fourth-order valence-electron chi connectivity index (χ4n) is 5.09. The average Bonchev–Trinajstić information content (AvgIpc) is 3.34. The Balaban J connectivity index is 1.31. The van der Waals surface area contributed by atoms with Crippen molar-refractivity contribution < 1.29 is 23.9 Å². The van der Waals surface area contributed by atoms with Crippen LogP contribution < -0.4 is 14.5 Å². The molecule has 0 aromatic heterocycles. The lowest BCUT2D eigenvalue weighted by Crippen LogP contribution is -2.31. The molecule has 0 radical (unpaired) electrons. The monoisotopic (exact) mass is 512 g/mol. The number of rotatable bonds is 4. The smallest absolute Gasteiger partial charge is 0.316 e. The van der Waals surface area contributed by atoms with Crippen LogP contribution in [0.3, 0.4) is 0 Å². The third-order valence-electron chi connectivity index (χ3n) is 6.85. The Kier molecular flexibility index (Phi) is 6.15. The molecule has 2 aromatic carbocycles. The number of anilines is 2. The van der Waals surface area contributed by atoms with Crippen molar-refractivity contribution in [3.63, 3.8) is 0 Å². The molecule has 0 unspecified atom stereocenters. The average molecular weight is 513 g/mol. The lowest BCUT2D eigenvalue weighted by atomic mass is 9.78. The zero-order valence-electron chi connectivity index (χ0n) is 18.8. The molecule has 5 rings (SSSR count). The quantitative estimate of drug-likeness (QED) is 0.257. The summed E-state index contributed by atoms with van der Waals surface area (Å²) in [4.78, 5) is 54.1. The molecular weight excluding hydrogens is 491 g/mol. The van der Waals surface area contributed by atoms with Gasteiger partial charge in [-0.2, -0.15) is 0 Å². The minimum Gasteiger partial charge on any atom is -0.426 e. The number of amides is 3. The van der Waals surface area contributed by atoms with Gasteiger partial charge < -0.3 is 9.64 Å². The van der Waals surface area contributed by atoms with Crippen molar-refractivity contribution in [2.24, 2.45) is 23.7 Å². The first kappa shape index (κ1) is 23.6. The van der Waals surface area contributed by atoms with Gasteiger partial charge >= 0.3 is 5.97 Å². The van der Waals surface area contributed by atoms with Crippen molar-refractivity contribution >= 4 is 58.3 Å². The lowest BCUT2D eigenvalue weighted by Gasteiger charge is -2.22. The van der Waals surface area contributed by atoms with Crippen LogP contribution in [0.25, 0.3) is 0 Å². The van der Waals surface area contributed by atoms with E-state index in [2.05, 4.69) is 0 Å². The van der Waals surface area contributed by atoms with E-state index in [4.69, 9.17) is 27.9 Å². The van der Waals surface area contributed by atoms with Gasteiger partial charge in [0.1, 0.15) is 5.75 Å². The third-order valence-corrected chi connectivity index (χ3v) is 7.66. The second kappa shape index (κ2) is 9.13. The molecule has 4 atom stereocenters. The first-order valence-electron chi connectivity index (χ1n) is 11.4. The van der Waals surface area contributed by atoms with Gasteiger partial charge in [-0.1, -0.05) is 54.4 Å². The fourth-order valence-corrected chi connectivity index (χ4v) is 5.48. The maximum Gasteiger partial charge on any atom is 0.316 e. The first-order valence-corrected chi connectivity index (χ1v) is 12.1. The highest BCUT2D eigenvalue weighted by molar-refractivity contribution is 6.44. The fraction of sp³-hybridized carbons (Fsp3) is 0.308. The van der Waals surface area contributed by atoms with Crippen molar-refractivity contribution in [1.82, 2.24) is 0 Å². The van der Waals surface area contributed by atoms with Gasteiger partial charge in [0.15, 0.2) is 0 Å². The molecule has 0 bridgehead atoms. The van der Waals surface area contributed by atoms with Gasteiger partial charge in [-0.05, 0) is 36.6 Å². The SMILES string of the molecule is C[C@@H]1C=CC[C@@H]2C(=O)N(c3cccc(OC(=O)[C@H]4CC(=O)N(c5cccc(Cl)c5Cl)C4)c3)C(=O)[C@@H]12. The van der Waals surface area contributed by atoms with Crippen LogP contribution in [0.15, 0.2) is 54.6 Å².